The van der Waals surface area contributed by atoms with Crippen molar-refractivity contribution in [2.24, 2.45) is 23.7 Å². The van der Waals surface area contributed by atoms with Crippen molar-refractivity contribution >= 4 is 14.4 Å². The summed E-state index contributed by atoms with van der Waals surface area (Å²) in [4.78, 5) is 0. The van der Waals surface area contributed by atoms with Crippen LogP contribution < -0.4 is 24.8 Å². The second-order valence-corrected chi connectivity index (χ2v) is 20.3. The maximum atomic E-state index is 3.65. The molecule has 4 bridgehead atoms. The van der Waals surface area contributed by atoms with E-state index in [0.717, 1.165) is 30.1 Å². The summed E-state index contributed by atoms with van der Waals surface area (Å²) in [7, 11) is 0. The summed E-state index contributed by atoms with van der Waals surface area (Å²) in [5, 5.41) is 0. The van der Waals surface area contributed by atoms with Crippen molar-refractivity contribution in [3.05, 3.63) is 135 Å². The summed E-state index contributed by atoms with van der Waals surface area (Å²) >= 11 is 1.51. The first-order chi connectivity index (χ1) is 24.1. The molecule has 0 aromatic heterocycles. The summed E-state index contributed by atoms with van der Waals surface area (Å²) in [6.45, 7) is 20.7. The van der Waals surface area contributed by atoms with Gasteiger partial charge in [-0.2, -0.15) is 28.8 Å². The predicted molar refractivity (Wildman–Crippen MR) is 214 cm³/mol. The Labute approximate surface area is 347 Å². The Kier molecular flexibility index (Phi) is 11.2. The average Bonchev–Trinajstić information content (AvgIpc) is 3.79. The third-order valence-electron chi connectivity index (χ3n) is 14.0. The topological polar surface area (TPSA) is 0 Å². The first-order valence-electron chi connectivity index (χ1n) is 19.7. The minimum atomic E-state index is 0. The second-order valence-electron chi connectivity index (χ2n) is 18.5. The van der Waals surface area contributed by atoms with Crippen LogP contribution in [-0.2, 0) is 46.9 Å². The fourth-order valence-electron chi connectivity index (χ4n) is 11.5. The summed E-state index contributed by atoms with van der Waals surface area (Å²) < 4.78 is 1.46. The van der Waals surface area contributed by atoms with Crippen molar-refractivity contribution in [1.82, 2.24) is 0 Å². The molecule has 0 radical (unpaired) electrons. The molecule has 3 heteroatoms. The molecule has 276 valence electrons. The molecule has 0 amide bonds. The number of aryl methyl sites for hydroxylation is 1. The SMILES string of the molecule is CC1=[C-]C(C)(C)c2cc3c(cc21)-c1cc2c(cc1C3)C(C)(C)C=C2C.C[C](=[Zr+2])c1ccccc1.Cc1cc(C2(C)C3CC4CC(C3)CC2C4)c[cH-]1.[Cl-].[Cl-]. The van der Waals surface area contributed by atoms with Crippen LogP contribution in [0.5, 0.6) is 0 Å². The Bertz CT molecular complexity index is 1990. The standard InChI is InChI=1S/C25H25.C17H23.C8H8.2ClH.Zr/c1-14-12-24(3,4)22-8-16-7-17-9-23-19(15(2)13-25(23,5)6)11-21(17)20(16)10-18(14)22;1-11-3-4-14(5-11)17(2)15-7-12-6-13(9-15)10-16(17)8-12;1-2-8-6-4-3-5-7-8;;;/h8-12H,7H2,1-6H3;3-5,12-13,15-16H,6-10H2,1-2H3;3-7H,1H3;2*1H;/q2*-1;;;;+2/p-2. The minimum Gasteiger partial charge on any atom is -1.00 e. The zero-order valence-corrected chi connectivity index (χ0v) is 37.3. The predicted octanol–water partition coefficient (Wildman–Crippen LogP) is 6.66. The summed E-state index contributed by atoms with van der Waals surface area (Å²) in [5.41, 5.74) is 19.5. The number of hydrogen-bond acceptors (Lipinski definition) is 0. The Balaban J connectivity index is 0.000000149. The van der Waals surface area contributed by atoms with E-state index in [4.69, 9.17) is 0 Å². The van der Waals surface area contributed by atoms with Gasteiger partial charge in [0, 0.05) is 5.41 Å². The zero-order chi connectivity index (χ0) is 36.0. The molecule has 4 saturated carbocycles. The Morgan fingerprint density at radius 1 is 0.717 bits per heavy atom. The molecular weight excluding hydrogens is 763 g/mol. The van der Waals surface area contributed by atoms with E-state index >= 15 is 0 Å². The fraction of sp³-hybridized carbons (Fsp3) is 0.440. The van der Waals surface area contributed by atoms with Crippen LogP contribution in [0.25, 0.3) is 22.3 Å². The monoisotopic (exact) mass is 816 g/mol. The van der Waals surface area contributed by atoms with E-state index in [1.54, 1.807) is 12.0 Å². The van der Waals surface area contributed by atoms with Crippen molar-refractivity contribution in [2.75, 3.05) is 0 Å². The van der Waals surface area contributed by atoms with E-state index in [9.17, 15) is 0 Å². The average molecular weight is 819 g/mol. The van der Waals surface area contributed by atoms with Gasteiger partial charge in [-0.25, -0.2) is 11.6 Å². The van der Waals surface area contributed by atoms with Crippen LogP contribution in [0.4, 0.5) is 0 Å². The zero-order valence-electron chi connectivity index (χ0n) is 33.3. The van der Waals surface area contributed by atoms with E-state index < -0.39 is 0 Å². The molecule has 0 nitrogen and oxygen atoms in total. The van der Waals surface area contributed by atoms with Gasteiger partial charge in [0.25, 0.3) is 0 Å². The molecule has 7 aliphatic rings. The second kappa shape index (κ2) is 14.7. The van der Waals surface area contributed by atoms with Crippen molar-refractivity contribution < 1.29 is 49.0 Å². The molecule has 4 fully saturated rings. The number of benzene rings is 3. The maximum Gasteiger partial charge on any atom is -0.0407 e. The molecule has 0 atom stereocenters. The number of hydrogen-bond donors (Lipinski definition) is 0. The van der Waals surface area contributed by atoms with Crippen LogP contribution in [0, 0.1) is 36.7 Å². The quantitative estimate of drug-likeness (QED) is 0.175. The van der Waals surface area contributed by atoms with E-state index in [1.807, 2.05) is 6.07 Å². The van der Waals surface area contributed by atoms with Crippen LogP contribution >= 0.6 is 0 Å². The van der Waals surface area contributed by atoms with Gasteiger partial charge in [0.2, 0.25) is 0 Å². The van der Waals surface area contributed by atoms with Crippen molar-refractivity contribution in [3.8, 4) is 11.1 Å². The van der Waals surface area contributed by atoms with Gasteiger partial charge < -0.3 is 24.8 Å². The molecule has 4 aromatic carbocycles. The first-order valence-corrected chi connectivity index (χ1v) is 20.9. The van der Waals surface area contributed by atoms with Gasteiger partial charge in [0.05, 0.1) is 0 Å². The van der Waals surface area contributed by atoms with Crippen LogP contribution in [-0.4, -0.2) is 3.21 Å². The van der Waals surface area contributed by atoms with Crippen LogP contribution in [0.3, 0.4) is 0 Å². The van der Waals surface area contributed by atoms with Gasteiger partial charge in [0.1, 0.15) is 0 Å². The van der Waals surface area contributed by atoms with E-state index in [0.29, 0.717) is 5.41 Å². The summed E-state index contributed by atoms with van der Waals surface area (Å²) in [6, 6.07) is 27.5. The van der Waals surface area contributed by atoms with Gasteiger partial charge in [0.15, 0.2) is 0 Å². The molecule has 53 heavy (non-hydrogen) atoms. The van der Waals surface area contributed by atoms with Crippen LogP contribution in [0.2, 0.25) is 0 Å². The summed E-state index contributed by atoms with van der Waals surface area (Å²) in [6.07, 6.45) is 14.8. The number of allylic oxidation sites excluding steroid dienone is 4. The molecule has 0 N–H and O–H groups in total. The molecule has 0 spiro atoms. The van der Waals surface area contributed by atoms with Crippen molar-refractivity contribution in [2.45, 2.75) is 117 Å². The first kappa shape index (κ1) is 40.5. The third kappa shape index (κ3) is 7.08. The summed E-state index contributed by atoms with van der Waals surface area (Å²) in [5.74, 6) is 4.14. The maximum absolute atomic E-state index is 3.65. The van der Waals surface area contributed by atoms with Gasteiger partial charge in [-0.3, -0.25) is 6.08 Å². The minimum absolute atomic E-state index is 0. The Hall–Kier alpha value is -2.18. The molecule has 7 aliphatic carbocycles. The van der Waals surface area contributed by atoms with Gasteiger partial charge >= 0.3 is 70.3 Å². The number of rotatable bonds is 2. The molecule has 11 rings (SSSR count). The molecule has 0 unspecified atom stereocenters. The molecule has 4 aromatic rings. The van der Waals surface area contributed by atoms with Gasteiger partial charge in [-0.1, -0.05) is 77.5 Å². The number of halogens is 2. The smallest absolute Gasteiger partial charge is 0.0407 e. The largest absolute Gasteiger partial charge is 1.00 e. The van der Waals surface area contributed by atoms with E-state index in [2.05, 4.69) is 141 Å². The van der Waals surface area contributed by atoms with E-state index in [1.165, 1.54) is 120 Å². The van der Waals surface area contributed by atoms with Gasteiger partial charge in [-0.15, -0.1) is 11.6 Å². The van der Waals surface area contributed by atoms with Crippen LogP contribution in [0.1, 0.15) is 138 Å². The molecule has 0 heterocycles. The van der Waals surface area contributed by atoms with Gasteiger partial charge in [-0.05, 0) is 114 Å². The molecule has 0 aliphatic heterocycles. The fourth-order valence-corrected chi connectivity index (χ4v) is 11.9. The Morgan fingerprint density at radius 3 is 1.81 bits per heavy atom. The third-order valence-corrected chi connectivity index (χ3v) is 14.7. The Morgan fingerprint density at radius 2 is 1.28 bits per heavy atom. The van der Waals surface area contributed by atoms with Crippen molar-refractivity contribution in [1.29, 1.82) is 0 Å². The number of fused-ring (bicyclic) bond motifs is 5. The van der Waals surface area contributed by atoms with Crippen LogP contribution in [0.15, 0.2) is 78.9 Å². The molecular formula is C50H56Cl2Zr-2. The molecule has 0 saturated heterocycles. The van der Waals surface area contributed by atoms with E-state index in [-0.39, 0.29) is 35.6 Å². The van der Waals surface area contributed by atoms with Crippen molar-refractivity contribution in [3.63, 3.8) is 0 Å². The normalized spacial score (nSPS) is 26.5.